The lowest BCUT2D eigenvalue weighted by Gasteiger charge is -2.18. The van der Waals surface area contributed by atoms with Gasteiger partial charge in [0.15, 0.2) is 6.10 Å². The Morgan fingerprint density at radius 2 is 0.479 bits per heavy atom. The van der Waals surface area contributed by atoms with E-state index in [1.807, 2.05) is 0 Å². The summed E-state index contributed by atoms with van der Waals surface area (Å²) in [7, 11) is 0. The van der Waals surface area contributed by atoms with E-state index in [1.54, 1.807) is 0 Å². The minimum Gasteiger partial charge on any atom is -0.462 e. The topological polar surface area (TPSA) is 78.9 Å². The Morgan fingerprint density at radius 1 is 0.268 bits per heavy atom. The van der Waals surface area contributed by atoms with Gasteiger partial charge in [0.2, 0.25) is 0 Å². The molecule has 0 aromatic carbocycles. The average molecular weight is 1000 g/mol. The second-order valence-electron chi connectivity index (χ2n) is 21.7. The summed E-state index contributed by atoms with van der Waals surface area (Å²) >= 11 is 0. The van der Waals surface area contributed by atoms with Crippen LogP contribution in [0.3, 0.4) is 0 Å². The van der Waals surface area contributed by atoms with E-state index in [0.717, 1.165) is 64.2 Å². The lowest BCUT2D eigenvalue weighted by Crippen LogP contribution is -2.30. The molecular formula is C65H122O6. The van der Waals surface area contributed by atoms with E-state index < -0.39 is 6.10 Å². The molecule has 0 saturated heterocycles. The molecule has 0 heterocycles. The van der Waals surface area contributed by atoms with Crippen LogP contribution >= 0.6 is 0 Å². The van der Waals surface area contributed by atoms with Gasteiger partial charge in [-0.25, -0.2) is 0 Å². The SMILES string of the molecule is CCCC/C=C\CCCCCCCC(=O)OCC(COC(=O)CCCCCCCCCCCCCCCCC/C=C\CCCCCCCCCC)OC(=O)CCCCCCCCCCCCCCCCC. The first-order valence-electron chi connectivity index (χ1n) is 31.8. The molecule has 71 heavy (non-hydrogen) atoms. The van der Waals surface area contributed by atoms with E-state index in [4.69, 9.17) is 14.2 Å². The van der Waals surface area contributed by atoms with E-state index in [0.29, 0.717) is 19.3 Å². The van der Waals surface area contributed by atoms with Crippen LogP contribution in [0.4, 0.5) is 0 Å². The van der Waals surface area contributed by atoms with Crippen molar-refractivity contribution < 1.29 is 28.6 Å². The number of allylic oxidation sites excluding steroid dienone is 4. The van der Waals surface area contributed by atoms with Gasteiger partial charge in [-0.05, 0) is 64.2 Å². The predicted octanol–water partition coefficient (Wildman–Crippen LogP) is 21.4. The molecule has 0 bridgehead atoms. The number of carbonyl (C=O) groups excluding carboxylic acids is 3. The van der Waals surface area contributed by atoms with Gasteiger partial charge in [-0.1, -0.05) is 295 Å². The molecule has 0 saturated carbocycles. The third kappa shape index (κ3) is 58.7. The van der Waals surface area contributed by atoms with Crippen molar-refractivity contribution in [3.63, 3.8) is 0 Å². The Bertz CT molecular complexity index is 1150. The molecule has 0 aliphatic carbocycles. The van der Waals surface area contributed by atoms with Crippen LogP contribution in [0.1, 0.15) is 355 Å². The summed E-state index contributed by atoms with van der Waals surface area (Å²) in [4.78, 5) is 38.2. The van der Waals surface area contributed by atoms with Gasteiger partial charge < -0.3 is 14.2 Å². The molecule has 0 rings (SSSR count). The number of esters is 3. The first-order valence-corrected chi connectivity index (χ1v) is 31.8. The smallest absolute Gasteiger partial charge is 0.306 e. The normalized spacial score (nSPS) is 12.1. The van der Waals surface area contributed by atoms with Crippen molar-refractivity contribution in [1.82, 2.24) is 0 Å². The van der Waals surface area contributed by atoms with E-state index >= 15 is 0 Å². The highest BCUT2D eigenvalue weighted by molar-refractivity contribution is 5.71. The fourth-order valence-corrected chi connectivity index (χ4v) is 9.60. The Balaban J connectivity index is 4.14. The summed E-state index contributed by atoms with van der Waals surface area (Å²) < 4.78 is 16.9. The van der Waals surface area contributed by atoms with Gasteiger partial charge in [0.1, 0.15) is 13.2 Å². The molecule has 0 spiro atoms. The van der Waals surface area contributed by atoms with Crippen molar-refractivity contribution in [3.8, 4) is 0 Å². The number of ether oxygens (including phenoxy) is 3. The highest BCUT2D eigenvalue weighted by Gasteiger charge is 2.19. The van der Waals surface area contributed by atoms with Crippen molar-refractivity contribution >= 4 is 17.9 Å². The van der Waals surface area contributed by atoms with Gasteiger partial charge in [0.05, 0.1) is 0 Å². The first kappa shape index (κ1) is 68.9. The lowest BCUT2D eigenvalue weighted by atomic mass is 10.0. The lowest BCUT2D eigenvalue weighted by molar-refractivity contribution is -0.167. The Kier molecular flexibility index (Phi) is 58.6. The van der Waals surface area contributed by atoms with Crippen LogP contribution in [0, 0.1) is 0 Å². The number of unbranched alkanes of at least 4 members (excludes halogenated alkanes) is 44. The van der Waals surface area contributed by atoms with Gasteiger partial charge >= 0.3 is 17.9 Å². The maximum atomic E-state index is 12.9. The summed E-state index contributed by atoms with van der Waals surface area (Å²) in [5.74, 6) is -0.855. The third-order valence-corrected chi connectivity index (χ3v) is 14.4. The molecule has 0 aromatic rings. The van der Waals surface area contributed by atoms with Gasteiger partial charge in [-0.3, -0.25) is 14.4 Å². The van der Waals surface area contributed by atoms with E-state index in [2.05, 4.69) is 45.1 Å². The molecular weight excluding hydrogens is 877 g/mol. The van der Waals surface area contributed by atoms with Crippen LogP contribution in [0.15, 0.2) is 24.3 Å². The molecule has 6 heteroatoms. The van der Waals surface area contributed by atoms with E-state index in [-0.39, 0.29) is 31.1 Å². The number of rotatable bonds is 59. The van der Waals surface area contributed by atoms with E-state index in [1.165, 1.54) is 250 Å². The van der Waals surface area contributed by atoms with Crippen LogP contribution in [0.2, 0.25) is 0 Å². The van der Waals surface area contributed by atoms with Crippen molar-refractivity contribution in [2.75, 3.05) is 13.2 Å². The second-order valence-corrected chi connectivity index (χ2v) is 21.7. The molecule has 0 aromatic heterocycles. The maximum Gasteiger partial charge on any atom is 0.306 e. The highest BCUT2D eigenvalue weighted by Crippen LogP contribution is 2.18. The van der Waals surface area contributed by atoms with Gasteiger partial charge in [0.25, 0.3) is 0 Å². The zero-order chi connectivity index (χ0) is 51.4. The summed E-state index contributed by atoms with van der Waals surface area (Å²) in [6, 6.07) is 0. The monoisotopic (exact) mass is 999 g/mol. The highest BCUT2D eigenvalue weighted by atomic mass is 16.6. The Hall–Kier alpha value is -2.11. The molecule has 0 radical (unpaired) electrons. The fraction of sp³-hybridized carbons (Fsp3) is 0.892. The maximum absolute atomic E-state index is 12.9. The minimum atomic E-state index is -0.770. The standard InChI is InChI=1S/C65H122O6/c1-4-7-10-13-16-19-22-24-26-27-28-29-30-31-32-33-34-35-36-37-39-40-43-46-49-52-55-58-64(67)70-61-62(60-69-63(66)57-54-51-48-45-42-21-18-15-12-9-6-3)71-65(68)59-56-53-50-47-44-41-38-25-23-20-17-14-11-8-5-2/h15,18,27-28,62H,4-14,16-17,19-26,29-61H2,1-3H3/b18-15-,28-27-. The largest absolute Gasteiger partial charge is 0.462 e. The minimum absolute atomic E-state index is 0.0685. The van der Waals surface area contributed by atoms with Crippen LogP contribution in [-0.4, -0.2) is 37.2 Å². The van der Waals surface area contributed by atoms with Crippen LogP contribution in [0.25, 0.3) is 0 Å². The van der Waals surface area contributed by atoms with Gasteiger partial charge in [0, 0.05) is 19.3 Å². The zero-order valence-corrected chi connectivity index (χ0v) is 48.0. The summed E-state index contributed by atoms with van der Waals surface area (Å²) in [5, 5.41) is 0. The van der Waals surface area contributed by atoms with Crippen molar-refractivity contribution in [1.29, 1.82) is 0 Å². The Morgan fingerprint density at radius 3 is 0.746 bits per heavy atom. The number of hydrogen-bond donors (Lipinski definition) is 0. The fourth-order valence-electron chi connectivity index (χ4n) is 9.60. The number of hydrogen-bond acceptors (Lipinski definition) is 6. The zero-order valence-electron chi connectivity index (χ0n) is 48.0. The molecule has 418 valence electrons. The molecule has 0 amide bonds. The number of carbonyl (C=O) groups is 3. The molecule has 6 nitrogen and oxygen atoms in total. The molecule has 0 aliphatic heterocycles. The summed E-state index contributed by atoms with van der Waals surface area (Å²) in [5.41, 5.74) is 0. The molecule has 0 fully saturated rings. The summed E-state index contributed by atoms with van der Waals surface area (Å²) in [6.07, 6.45) is 72.0. The predicted molar refractivity (Wildman–Crippen MR) is 307 cm³/mol. The van der Waals surface area contributed by atoms with Gasteiger partial charge in [-0.15, -0.1) is 0 Å². The first-order chi connectivity index (χ1) is 35.0. The quantitative estimate of drug-likeness (QED) is 0.0261. The van der Waals surface area contributed by atoms with Crippen LogP contribution < -0.4 is 0 Å². The van der Waals surface area contributed by atoms with Gasteiger partial charge in [-0.2, -0.15) is 0 Å². The molecule has 1 unspecified atom stereocenters. The van der Waals surface area contributed by atoms with Crippen molar-refractivity contribution in [2.24, 2.45) is 0 Å². The van der Waals surface area contributed by atoms with Crippen molar-refractivity contribution in [3.05, 3.63) is 24.3 Å². The average Bonchev–Trinajstić information content (AvgIpc) is 3.37. The van der Waals surface area contributed by atoms with Crippen LogP contribution in [0.5, 0.6) is 0 Å². The molecule has 0 N–H and O–H groups in total. The molecule has 0 aliphatic rings. The molecule has 1 atom stereocenters. The second kappa shape index (κ2) is 60.4. The Labute approximate surface area is 443 Å². The van der Waals surface area contributed by atoms with Crippen molar-refractivity contribution in [2.45, 2.75) is 361 Å². The summed E-state index contributed by atoms with van der Waals surface area (Å²) in [6.45, 7) is 6.65. The third-order valence-electron chi connectivity index (χ3n) is 14.4. The van der Waals surface area contributed by atoms with Crippen LogP contribution in [-0.2, 0) is 28.6 Å². The van der Waals surface area contributed by atoms with E-state index in [9.17, 15) is 14.4 Å².